The Kier molecular flexibility index (Phi) is 6.12. The number of hydrogen-bond acceptors (Lipinski definition) is 7. The Morgan fingerprint density at radius 1 is 1.08 bits per heavy atom. The Hall–Kier alpha value is -4.31. The Balaban J connectivity index is 1.67. The maximum absolute atomic E-state index is 14.6. The van der Waals surface area contributed by atoms with E-state index in [2.05, 4.69) is 25.0 Å². The van der Waals surface area contributed by atoms with Crippen molar-refractivity contribution in [3.8, 4) is 22.8 Å². The number of halogens is 3. The predicted octanol–water partition coefficient (Wildman–Crippen LogP) is 5.92. The maximum atomic E-state index is 14.6. The van der Waals surface area contributed by atoms with Crippen LogP contribution in [0.25, 0.3) is 33.8 Å². The molecule has 5 rings (SSSR count). The van der Waals surface area contributed by atoms with Gasteiger partial charge >= 0.3 is 5.76 Å². The molecule has 3 aromatic heterocycles. The Labute approximate surface area is 212 Å². The minimum atomic E-state index is -0.755. The van der Waals surface area contributed by atoms with Crippen LogP contribution in [0.1, 0.15) is 29.7 Å². The van der Waals surface area contributed by atoms with Gasteiger partial charge in [-0.1, -0.05) is 22.8 Å². The number of aryl methyl sites for hydroxylation is 1. The van der Waals surface area contributed by atoms with Crippen molar-refractivity contribution in [2.24, 2.45) is 0 Å². The highest BCUT2D eigenvalue weighted by atomic mass is 35.5. The zero-order chi connectivity index (χ0) is 26.4. The van der Waals surface area contributed by atoms with Gasteiger partial charge in [-0.25, -0.2) is 18.6 Å². The van der Waals surface area contributed by atoms with Crippen LogP contribution >= 0.6 is 11.6 Å². The fourth-order valence-corrected chi connectivity index (χ4v) is 4.34. The average molecular weight is 525 g/mol. The number of rotatable bonds is 5. The van der Waals surface area contributed by atoms with Crippen LogP contribution in [-0.2, 0) is 0 Å². The quantitative estimate of drug-likeness (QED) is 0.274. The van der Waals surface area contributed by atoms with Gasteiger partial charge in [-0.2, -0.15) is 0 Å². The molecule has 0 fully saturated rings. The van der Waals surface area contributed by atoms with Gasteiger partial charge in [0.15, 0.2) is 5.43 Å². The van der Waals surface area contributed by atoms with Crippen LogP contribution in [0.15, 0.2) is 61.0 Å². The summed E-state index contributed by atoms with van der Waals surface area (Å²) in [6.45, 7) is 5.17. The molecular weight excluding hydrogens is 506 g/mol. The zero-order valence-corrected chi connectivity index (χ0v) is 20.5. The van der Waals surface area contributed by atoms with Gasteiger partial charge in [-0.15, -0.1) is 0 Å². The van der Waals surface area contributed by atoms with Gasteiger partial charge in [0.2, 0.25) is 5.82 Å². The largest absolute Gasteiger partial charge is 0.455 e. The molecule has 0 amide bonds. The lowest BCUT2D eigenvalue weighted by atomic mass is 9.98. The molecule has 5 aromatic rings. The van der Waals surface area contributed by atoms with Crippen LogP contribution in [0.2, 0.25) is 5.15 Å². The van der Waals surface area contributed by atoms with Crippen molar-refractivity contribution in [3.63, 3.8) is 0 Å². The minimum absolute atomic E-state index is 0.0548. The number of nitrogens with zero attached hydrogens (tertiary/aromatic N) is 2. The highest BCUT2D eigenvalue weighted by molar-refractivity contribution is 6.29. The molecule has 0 saturated heterocycles. The second-order valence-electron chi connectivity index (χ2n) is 8.58. The van der Waals surface area contributed by atoms with E-state index >= 15 is 0 Å². The van der Waals surface area contributed by atoms with Crippen LogP contribution < -0.4 is 16.5 Å². The molecule has 37 heavy (non-hydrogen) atoms. The predicted molar refractivity (Wildman–Crippen MR) is 135 cm³/mol. The van der Waals surface area contributed by atoms with Gasteiger partial charge in [-0.3, -0.25) is 14.3 Å². The van der Waals surface area contributed by atoms with E-state index in [9.17, 15) is 18.4 Å². The topological polar surface area (TPSA) is 114 Å². The number of benzene rings is 2. The van der Waals surface area contributed by atoms with Gasteiger partial charge in [0.25, 0.3) is 0 Å². The number of fused-ring (bicyclic) bond motifs is 1. The number of pyridine rings is 1. The van der Waals surface area contributed by atoms with E-state index in [0.717, 1.165) is 23.8 Å². The van der Waals surface area contributed by atoms with E-state index in [0.29, 0.717) is 16.6 Å². The van der Waals surface area contributed by atoms with E-state index < -0.39 is 23.4 Å². The minimum Gasteiger partial charge on any atom is -0.455 e. The molecule has 0 bridgehead atoms. The molecule has 3 heterocycles. The van der Waals surface area contributed by atoms with E-state index in [1.54, 1.807) is 18.2 Å². The van der Waals surface area contributed by atoms with Gasteiger partial charge in [0, 0.05) is 11.1 Å². The summed E-state index contributed by atoms with van der Waals surface area (Å²) in [5.41, 5.74) is 1.95. The summed E-state index contributed by atoms with van der Waals surface area (Å²) >= 11 is 6.06. The van der Waals surface area contributed by atoms with Gasteiger partial charge in [-0.05, 0) is 62.7 Å². The molecule has 0 unspecified atom stereocenters. The lowest BCUT2D eigenvalue weighted by Crippen LogP contribution is -2.13. The summed E-state index contributed by atoms with van der Waals surface area (Å²) in [6, 6.07) is 9.20. The first-order valence-electron chi connectivity index (χ1n) is 11.1. The summed E-state index contributed by atoms with van der Waals surface area (Å²) in [4.78, 5) is 31.5. The van der Waals surface area contributed by atoms with Crippen LogP contribution in [-0.4, -0.2) is 15.1 Å². The van der Waals surface area contributed by atoms with Crippen LogP contribution in [0, 0.1) is 25.5 Å². The third-order valence-electron chi connectivity index (χ3n) is 5.93. The maximum Gasteiger partial charge on any atom is 0.439 e. The lowest BCUT2D eigenvalue weighted by Gasteiger charge is -2.20. The van der Waals surface area contributed by atoms with Gasteiger partial charge in [0.1, 0.15) is 33.8 Å². The second-order valence-corrected chi connectivity index (χ2v) is 8.97. The molecule has 2 aromatic carbocycles. The van der Waals surface area contributed by atoms with Crippen molar-refractivity contribution in [1.29, 1.82) is 0 Å². The number of hydrogen-bond donors (Lipinski definition) is 2. The number of nitrogens with one attached hydrogen (secondary N) is 2. The first-order valence-corrected chi connectivity index (χ1v) is 11.5. The lowest BCUT2D eigenvalue weighted by molar-refractivity contribution is 0.388. The van der Waals surface area contributed by atoms with Crippen LogP contribution in [0.5, 0.6) is 0 Å². The SMILES string of the molecule is Cc1cc([C@@H](C)Nc2ccc(Cl)nc2-c2noc(=O)[nH]2)c2oc(-c3cc(F)ccc3F)c(C)c(=O)c2c1. The number of H-pyrrole nitrogens is 1. The third kappa shape index (κ3) is 4.51. The molecule has 2 N–H and O–H groups in total. The van der Waals surface area contributed by atoms with Crippen LogP contribution in [0.4, 0.5) is 14.5 Å². The van der Waals surface area contributed by atoms with E-state index in [1.807, 2.05) is 19.9 Å². The number of aromatic nitrogens is 3. The molecule has 8 nitrogen and oxygen atoms in total. The fourth-order valence-electron chi connectivity index (χ4n) is 4.19. The smallest absolute Gasteiger partial charge is 0.439 e. The summed E-state index contributed by atoms with van der Waals surface area (Å²) in [5, 5.41) is 7.43. The molecule has 11 heteroatoms. The highest BCUT2D eigenvalue weighted by Gasteiger charge is 2.22. The Morgan fingerprint density at radius 3 is 2.59 bits per heavy atom. The van der Waals surface area contributed by atoms with Gasteiger partial charge < -0.3 is 9.73 Å². The van der Waals surface area contributed by atoms with Gasteiger partial charge in [0.05, 0.1) is 22.7 Å². The Bertz CT molecular complexity index is 1790. The average Bonchev–Trinajstić information content (AvgIpc) is 3.30. The van der Waals surface area contributed by atoms with Crippen molar-refractivity contribution in [2.75, 3.05) is 5.32 Å². The molecule has 188 valence electrons. The molecule has 0 aliphatic carbocycles. The molecule has 0 spiro atoms. The molecule has 0 radical (unpaired) electrons. The van der Waals surface area contributed by atoms with Crippen molar-refractivity contribution in [1.82, 2.24) is 15.1 Å². The normalized spacial score (nSPS) is 12.2. The fraction of sp³-hybridized carbons (Fsp3) is 0.154. The molecule has 0 aliphatic rings. The van der Waals surface area contributed by atoms with E-state index in [4.69, 9.17) is 16.0 Å². The summed E-state index contributed by atoms with van der Waals surface area (Å²) in [7, 11) is 0. The first-order chi connectivity index (χ1) is 17.6. The second kappa shape index (κ2) is 9.29. The van der Waals surface area contributed by atoms with Crippen molar-refractivity contribution < 1.29 is 17.7 Å². The third-order valence-corrected chi connectivity index (χ3v) is 6.14. The molecule has 0 aliphatic heterocycles. The van der Waals surface area contributed by atoms with E-state index in [1.165, 1.54) is 6.92 Å². The summed E-state index contributed by atoms with van der Waals surface area (Å²) in [6.07, 6.45) is 0. The number of aromatic amines is 1. The number of anilines is 1. The summed E-state index contributed by atoms with van der Waals surface area (Å²) in [5.74, 6) is -2.12. The van der Waals surface area contributed by atoms with Crippen molar-refractivity contribution >= 4 is 28.3 Å². The monoisotopic (exact) mass is 524 g/mol. The van der Waals surface area contributed by atoms with Crippen LogP contribution in [0.3, 0.4) is 0 Å². The first kappa shape index (κ1) is 24.4. The van der Waals surface area contributed by atoms with Crippen molar-refractivity contribution in [3.05, 3.63) is 96.7 Å². The molecule has 0 saturated carbocycles. The molecular formula is C26H19ClF2N4O4. The van der Waals surface area contributed by atoms with Crippen molar-refractivity contribution in [2.45, 2.75) is 26.8 Å². The van der Waals surface area contributed by atoms with E-state index in [-0.39, 0.29) is 44.6 Å². The zero-order valence-electron chi connectivity index (χ0n) is 19.8. The highest BCUT2D eigenvalue weighted by Crippen LogP contribution is 2.34. The Morgan fingerprint density at radius 2 is 1.86 bits per heavy atom. The molecule has 1 atom stereocenters. The standard InChI is InChI=1S/C26H19ClF2N4O4/c1-11-8-15(13(3)30-19-6-7-20(27)31-21(19)25-32-26(35)37-33-25)24-17(9-11)22(34)12(2)23(36-24)16-10-14(28)4-5-18(16)29/h4-10,13,30H,1-3H3,(H,32,33,35)/t13-/m1/s1. The summed E-state index contributed by atoms with van der Waals surface area (Å²) < 4.78 is 39.3.